The van der Waals surface area contributed by atoms with E-state index in [4.69, 9.17) is 19.0 Å². The number of methoxy groups -OCH3 is 1. The summed E-state index contributed by atoms with van der Waals surface area (Å²) in [5, 5.41) is 4.81. The standard InChI is InChI=1S/C28H29N3O4/c1-30-28(35-25-16-7-6-15-24(25)33-2)23(26(29-30)20-10-4-3-5-11-20)19-31(18-22-14-9-17-34-22)27(32)21-12-8-13-21/h3-7,9-11,14-17,21H,8,12-13,18-19H2,1-2H3. The van der Waals surface area contributed by atoms with E-state index in [9.17, 15) is 4.79 Å². The van der Waals surface area contributed by atoms with Crippen LogP contribution in [0.4, 0.5) is 0 Å². The Balaban J connectivity index is 1.56. The molecule has 1 saturated carbocycles. The Morgan fingerprint density at radius 2 is 1.77 bits per heavy atom. The van der Waals surface area contributed by atoms with Crippen LogP contribution in [0.3, 0.4) is 0 Å². The fourth-order valence-electron chi connectivity index (χ4n) is 4.36. The van der Waals surface area contributed by atoms with Gasteiger partial charge in [-0.2, -0.15) is 5.10 Å². The molecule has 180 valence electrons. The molecule has 4 aromatic rings. The van der Waals surface area contributed by atoms with Crippen LogP contribution in [0.1, 0.15) is 30.6 Å². The molecule has 0 N–H and O–H groups in total. The molecule has 1 aliphatic carbocycles. The fraction of sp³-hybridized carbons (Fsp3) is 0.286. The molecule has 2 heterocycles. The number of aryl methyl sites for hydroxylation is 1. The molecular weight excluding hydrogens is 442 g/mol. The number of hydrogen-bond donors (Lipinski definition) is 0. The number of furan rings is 1. The first-order valence-electron chi connectivity index (χ1n) is 11.9. The molecule has 0 aliphatic heterocycles. The lowest BCUT2D eigenvalue weighted by atomic mass is 9.84. The Labute approximate surface area is 204 Å². The lowest BCUT2D eigenvalue weighted by Crippen LogP contribution is -2.38. The summed E-state index contributed by atoms with van der Waals surface area (Å²) in [6, 6.07) is 21.2. The van der Waals surface area contributed by atoms with Crippen LogP contribution in [0.2, 0.25) is 0 Å². The number of amides is 1. The topological polar surface area (TPSA) is 69.7 Å². The molecule has 2 aromatic heterocycles. The van der Waals surface area contributed by atoms with Crippen molar-refractivity contribution in [1.29, 1.82) is 0 Å². The van der Waals surface area contributed by atoms with Crippen LogP contribution < -0.4 is 9.47 Å². The number of rotatable bonds is 9. The van der Waals surface area contributed by atoms with Gasteiger partial charge in [-0.1, -0.05) is 48.9 Å². The number of carbonyl (C=O) groups excluding carboxylic acids is 1. The molecule has 7 heteroatoms. The van der Waals surface area contributed by atoms with Crippen molar-refractivity contribution in [3.63, 3.8) is 0 Å². The van der Waals surface area contributed by atoms with Gasteiger partial charge in [0.1, 0.15) is 11.5 Å². The maximum Gasteiger partial charge on any atom is 0.226 e. The lowest BCUT2D eigenvalue weighted by Gasteiger charge is -2.31. The van der Waals surface area contributed by atoms with Gasteiger partial charge in [0.2, 0.25) is 11.8 Å². The number of hydrogen-bond acceptors (Lipinski definition) is 5. The number of aromatic nitrogens is 2. The highest BCUT2D eigenvalue weighted by atomic mass is 16.5. The summed E-state index contributed by atoms with van der Waals surface area (Å²) < 4.78 is 19.2. The summed E-state index contributed by atoms with van der Waals surface area (Å²) in [5.41, 5.74) is 2.58. The van der Waals surface area contributed by atoms with Gasteiger partial charge in [-0.05, 0) is 37.1 Å². The van der Waals surface area contributed by atoms with E-state index in [1.807, 2.05) is 78.7 Å². The molecule has 1 aliphatic rings. The second-order valence-corrected chi connectivity index (χ2v) is 8.78. The minimum absolute atomic E-state index is 0.0559. The van der Waals surface area contributed by atoms with Crippen LogP contribution in [0, 0.1) is 5.92 Å². The number of nitrogens with zero attached hydrogens (tertiary/aromatic N) is 3. The molecular formula is C28H29N3O4. The minimum atomic E-state index is 0.0559. The van der Waals surface area contributed by atoms with Gasteiger partial charge in [0.25, 0.3) is 0 Å². The SMILES string of the molecule is COc1ccccc1Oc1c(CN(Cc2ccco2)C(=O)C2CCC2)c(-c2ccccc2)nn1C. The zero-order chi connectivity index (χ0) is 24.2. The molecule has 0 atom stereocenters. The summed E-state index contributed by atoms with van der Waals surface area (Å²) >= 11 is 0. The molecule has 1 fully saturated rings. The average molecular weight is 472 g/mol. The van der Waals surface area contributed by atoms with Crippen molar-refractivity contribution < 1.29 is 18.7 Å². The predicted octanol–water partition coefficient (Wildman–Crippen LogP) is 5.81. The zero-order valence-electron chi connectivity index (χ0n) is 20.0. The summed E-state index contributed by atoms with van der Waals surface area (Å²) in [7, 11) is 3.47. The van der Waals surface area contributed by atoms with Crippen molar-refractivity contribution in [2.75, 3.05) is 7.11 Å². The molecule has 35 heavy (non-hydrogen) atoms. The van der Waals surface area contributed by atoms with Gasteiger partial charge in [-0.3, -0.25) is 4.79 Å². The van der Waals surface area contributed by atoms with Crippen molar-refractivity contribution >= 4 is 5.91 Å². The van der Waals surface area contributed by atoms with Crippen molar-refractivity contribution in [3.05, 3.63) is 84.3 Å². The Kier molecular flexibility index (Phi) is 6.57. The predicted molar refractivity (Wildman–Crippen MR) is 132 cm³/mol. The fourth-order valence-corrected chi connectivity index (χ4v) is 4.36. The van der Waals surface area contributed by atoms with Gasteiger partial charge >= 0.3 is 0 Å². The highest BCUT2D eigenvalue weighted by molar-refractivity contribution is 5.80. The van der Waals surface area contributed by atoms with Gasteiger partial charge in [0, 0.05) is 18.5 Å². The van der Waals surface area contributed by atoms with E-state index < -0.39 is 0 Å². The van der Waals surface area contributed by atoms with Crippen molar-refractivity contribution in [3.8, 4) is 28.6 Å². The van der Waals surface area contributed by atoms with E-state index >= 15 is 0 Å². The molecule has 0 saturated heterocycles. The number of carbonyl (C=O) groups is 1. The van der Waals surface area contributed by atoms with Gasteiger partial charge in [-0.25, -0.2) is 4.68 Å². The van der Waals surface area contributed by atoms with Crippen LogP contribution in [0.5, 0.6) is 17.4 Å². The molecule has 7 nitrogen and oxygen atoms in total. The maximum absolute atomic E-state index is 13.5. The average Bonchev–Trinajstić information content (AvgIpc) is 3.47. The van der Waals surface area contributed by atoms with E-state index in [1.54, 1.807) is 18.1 Å². The van der Waals surface area contributed by atoms with E-state index in [-0.39, 0.29) is 11.8 Å². The van der Waals surface area contributed by atoms with Crippen molar-refractivity contribution in [2.24, 2.45) is 13.0 Å². The molecule has 0 unspecified atom stereocenters. The highest BCUT2D eigenvalue weighted by Crippen LogP contribution is 2.38. The third-order valence-electron chi connectivity index (χ3n) is 6.45. The third-order valence-corrected chi connectivity index (χ3v) is 6.45. The minimum Gasteiger partial charge on any atom is -0.493 e. The van der Waals surface area contributed by atoms with Crippen LogP contribution in [0.15, 0.2) is 77.4 Å². The van der Waals surface area contributed by atoms with E-state index in [1.165, 1.54) is 0 Å². The first-order chi connectivity index (χ1) is 17.1. The molecule has 5 rings (SSSR count). The second-order valence-electron chi connectivity index (χ2n) is 8.78. The Bertz CT molecular complexity index is 1280. The van der Waals surface area contributed by atoms with Gasteiger partial charge in [0.15, 0.2) is 11.5 Å². The van der Waals surface area contributed by atoms with Crippen LogP contribution in [-0.2, 0) is 24.9 Å². The Hall–Kier alpha value is -4.00. The van der Waals surface area contributed by atoms with Gasteiger partial charge in [0.05, 0.1) is 32.0 Å². The van der Waals surface area contributed by atoms with E-state index in [0.29, 0.717) is 30.5 Å². The maximum atomic E-state index is 13.5. The molecule has 2 aromatic carbocycles. The summed E-state index contributed by atoms with van der Waals surface area (Å²) in [4.78, 5) is 15.3. The van der Waals surface area contributed by atoms with E-state index in [2.05, 4.69) is 0 Å². The first-order valence-corrected chi connectivity index (χ1v) is 11.9. The Morgan fingerprint density at radius 3 is 2.43 bits per heavy atom. The van der Waals surface area contributed by atoms with Crippen molar-refractivity contribution in [2.45, 2.75) is 32.4 Å². The molecule has 0 radical (unpaired) electrons. The first kappa shape index (κ1) is 22.8. The second kappa shape index (κ2) is 10.1. The van der Waals surface area contributed by atoms with Crippen LogP contribution in [-0.4, -0.2) is 27.7 Å². The summed E-state index contributed by atoms with van der Waals surface area (Å²) in [6.45, 7) is 0.734. The lowest BCUT2D eigenvalue weighted by molar-refractivity contribution is -0.139. The summed E-state index contributed by atoms with van der Waals surface area (Å²) in [6.07, 6.45) is 4.58. The number of benzene rings is 2. The molecule has 1 amide bonds. The van der Waals surface area contributed by atoms with Gasteiger partial charge in [-0.15, -0.1) is 0 Å². The van der Waals surface area contributed by atoms with Crippen LogP contribution >= 0.6 is 0 Å². The largest absolute Gasteiger partial charge is 0.493 e. The monoisotopic (exact) mass is 471 g/mol. The van der Waals surface area contributed by atoms with Crippen molar-refractivity contribution in [1.82, 2.24) is 14.7 Å². The number of para-hydroxylation sites is 2. The number of ether oxygens (including phenoxy) is 2. The third kappa shape index (κ3) is 4.80. The zero-order valence-corrected chi connectivity index (χ0v) is 20.0. The Morgan fingerprint density at radius 1 is 1.03 bits per heavy atom. The smallest absolute Gasteiger partial charge is 0.226 e. The molecule has 0 spiro atoms. The van der Waals surface area contributed by atoms with E-state index in [0.717, 1.165) is 41.8 Å². The normalized spacial score (nSPS) is 13.3. The summed E-state index contributed by atoms with van der Waals surface area (Å²) in [5.74, 6) is 2.72. The molecule has 0 bridgehead atoms. The highest BCUT2D eigenvalue weighted by Gasteiger charge is 2.32. The van der Waals surface area contributed by atoms with Gasteiger partial charge < -0.3 is 18.8 Å². The quantitative estimate of drug-likeness (QED) is 0.308. The van der Waals surface area contributed by atoms with Crippen LogP contribution in [0.25, 0.3) is 11.3 Å².